The van der Waals surface area contributed by atoms with E-state index in [4.69, 9.17) is 0 Å². The number of rotatable bonds is 2. The van der Waals surface area contributed by atoms with Crippen molar-refractivity contribution in [1.82, 2.24) is 15.1 Å². The van der Waals surface area contributed by atoms with Crippen LogP contribution in [-0.2, 0) is 10.3 Å². The number of nitrogens with zero attached hydrogens (tertiary/aromatic N) is 2. The van der Waals surface area contributed by atoms with Crippen LogP contribution in [0.3, 0.4) is 0 Å². The molecule has 116 valence electrons. The molecule has 2 N–H and O–H groups in total. The molecule has 2 heterocycles. The Balaban J connectivity index is 1.60. The zero-order chi connectivity index (χ0) is 15.0. The molecule has 1 aliphatic heterocycles. The van der Waals surface area contributed by atoms with Gasteiger partial charge in [-0.15, -0.1) is 0 Å². The Kier molecular flexibility index (Phi) is 3.78. The minimum absolute atomic E-state index is 0.0453. The molecule has 1 amide bonds. The van der Waals surface area contributed by atoms with Crippen molar-refractivity contribution in [2.24, 2.45) is 5.92 Å². The highest BCUT2D eigenvalue weighted by Crippen LogP contribution is 2.33. The molecule has 21 heavy (non-hydrogen) atoms. The molecule has 1 saturated heterocycles. The van der Waals surface area contributed by atoms with Gasteiger partial charge in [0.25, 0.3) is 0 Å². The maximum Gasteiger partial charge on any atom is 0.241 e. The van der Waals surface area contributed by atoms with Gasteiger partial charge in [-0.3, -0.25) is 9.48 Å². The average Bonchev–Trinajstić information content (AvgIpc) is 3.03. The van der Waals surface area contributed by atoms with Crippen molar-refractivity contribution in [2.75, 3.05) is 5.32 Å². The maximum absolute atomic E-state index is 12.4. The molecule has 0 aromatic carbocycles. The van der Waals surface area contributed by atoms with E-state index in [1.807, 2.05) is 10.9 Å². The monoisotopic (exact) mass is 290 g/mol. The van der Waals surface area contributed by atoms with Crippen LogP contribution in [0.2, 0.25) is 0 Å². The Labute approximate surface area is 126 Å². The molecular formula is C16H26N4O. The van der Waals surface area contributed by atoms with Crippen LogP contribution >= 0.6 is 0 Å². The first-order valence-electron chi connectivity index (χ1n) is 8.05. The molecule has 2 fully saturated rings. The summed E-state index contributed by atoms with van der Waals surface area (Å²) in [5.74, 6) is 0.768. The van der Waals surface area contributed by atoms with E-state index in [1.165, 1.54) is 25.7 Å². The van der Waals surface area contributed by atoms with Gasteiger partial charge in [0, 0.05) is 12.2 Å². The standard InChI is InChI=1S/C16H26N4O/c1-16(2,3)20-10-12(9-17-20)18-15(21)14-8-11-6-4-5-7-13(11)19-14/h9-11,13-14,19H,4-8H2,1-3H3,(H,18,21)/t11-,13+,14-/m0/s1. The Morgan fingerprint density at radius 1 is 1.38 bits per heavy atom. The van der Waals surface area contributed by atoms with Crippen LogP contribution in [0.15, 0.2) is 12.4 Å². The van der Waals surface area contributed by atoms with E-state index in [2.05, 4.69) is 36.5 Å². The lowest BCUT2D eigenvalue weighted by Gasteiger charge is -2.24. The van der Waals surface area contributed by atoms with Crippen molar-refractivity contribution in [3.63, 3.8) is 0 Å². The van der Waals surface area contributed by atoms with Crippen LogP contribution in [0.25, 0.3) is 0 Å². The number of hydrogen-bond acceptors (Lipinski definition) is 3. The molecule has 1 aromatic rings. The van der Waals surface area contributed by atoms with E-state index in [9.17, 15) is 4.79 Å². The summed E-state index contributed by atoms with van der Waals surface area (Å²) in [5.41, 5.74) is 0.718. The number of anilines is 1. The highest BCUT2D eigenvalue weighted by molar-refractivity contribution is 5.94. The van der Waals surface area contributed by atoms with Crippen LogP contribution in [0, 0.1) is 5.92 Å². The predicted molar refractivity (Wildman–Crippen MR) is 83.1 cm³/mol. The van der Waals surface area contributed by atoms with Crippen LogP contribution in [0.5, 0.6) is 0 Å². The van der Waals surface area contributed by atoms with Gasteiger partial charge in [-0.1, -0.05) is 12.8 Å². The second-order valence-electron chi connectivity index (χ2n) is 7.44. The van der Waals surface area contributed by atoms with E-state index >= 15 is 0 Å². The summed E-state index contributed by atoms with van der Waals surface area (Å²) >= 11 is 0. The van der Waals surface area contributed by atoms with E-state index in [0.29, 0.717) is 12.0 Å². The predicted octanol–water partition coefficient (Wildman–Crippen LogP) is 2.50. The van der Waals surface area contributed by atoms with E-state index < -0.39 is 0 Å². The summed E-state index contributed by atoms with van der Waals surface area (Å²) in [5, 5.41) is 10.8. The average molecular weight is 290 g/mol. The first kappa shape index (κ1) is 14.6. The molecule has 2 aliphatic rings. The molecule has 0 radical (unpaired) electrons. The van der Waals surface area contributed by atoms with Gasteiger partial charge in [0.15, 0.2) is 0 Å². The quantitative estimate of drug-likeness (QED) is 0.880. The van der Waals surface area contributed by atoms with Crippen molar-refractivity contribution in [3.05, 3.63) is 12.4 Å². The third-order valence-corrected chi connectivity index (χ3v) is 4.72. The minimum Gasteiger partial charge on any atom is -0.322 e. The van der Waals surface area contributed by atoms with Gasteiger partial charge in [-0.05, 0) is 46.0 Å². The number of carbonyl (C=O) groups excluding carboxylic acids is 1. The number of aromatic nitrogens is 2. The zero-order valence-corrected chi connectivity index (χ0v) is 13.2. The van der Waals surface area contributed by atoms with Crippen LogP contribution in [-0.4, -0.2) is 27.8 Å². The third kappa shape index (κ3) is 3.12. The molecule has 1 saturated carbocycles. The summed E-state index contributed by atoms with van der Waals surface area (Å²) in [7, 11) is 0. The Morgan fingerprint density at radius 3 is 2.81 bits per heavy atom. The molecule has 0 bridgehead atoms. The lowest BCUT2D eigenvalue weighted by atomic mass is 9.85. The molecule has 0 unspecified atom stereocenters. The van der Waals surface area contributed by atoms with Gasteiger partial charge in [0.1, 0.15) is 0 Å². The van der Waals surface area contributed by atoms with Crippen LogP contribution in [0.4, 0.5) is 5.69 Å². The summed E-state index contributed by atoms with van der Waals surface area (Å²) in [6, 6.07) is 0.503. The maximum atomic E-state index is 12.4. The van der Waals surface area contributed by atoms with Crippen molar-refractivity contribution in [2.45, 2.75) is 70.5 Å². The Morgan fingerprint density at radius 2 is 2.14 bits per heavy atom. The third-order valence-electron chi connectivity index (χ3n) is 4.72. The first-order chi connectivity index (χ1) is 9.93. The fraction of sp³-hybridized carbons (Fsp3) is 0.750. The molecule has 1 aromatic heterocycles. The van der Waals surface area contributed by atoms with Crippen molar-refractivity contribution < 1.29 is 4.79 Å². The number of carbonyl (C=O) groups is 1. The van der Waals surface area contributed by atoms with Crippen molar-refractivity contribution in [3.8, 4) is 0 Å². The summed E-state index contributed by atoms with van der Waals surface area (Å²) in [6.45, 7) is 6.28. The SMILES string of the molecule is CC(C)(C)n1cc(NC(=O)[C@@H]2C[C@@H]3CCCC[C@H]3N2)cn1. The normalized spacial score (nSPS) is 29.2. The second-order valence-corrected chi connectivity index (χ2v) is 7.44. The number of fused-ring (bicyclic) bond motifs is 1. The Bertz CT molecular complexity index is 503. The largest absolute Gasteiger partial charge is 0.322 e. The fourth-order valence-electron chi connectivity index (χ4n) is 3.50. The van der Waals surface area contributed by atoms with E-state index in [0.717, 1.165) is 12.1 Å². The van der Waals surface area contributed by atoms with Gasteiger partial charge in [0.2, 0.25) is 5.91 Å². The second kappa shape index (κ2) is 5.44. The van der Waals surface area contributed by atoms with Gasteiger partial charge in [-0.2, -0.15) is 5.10 Å². The molecular weight excluding hydrogens is 264 g/mol. The van der Waals surface area contributed by atoms with E-state index in [1.54, 1.807) is 6.20 Å². The highest BCUT2D eigenvalue weighted by Gasteiger charge is 2.38. The first-order valence-corrected chi connectivity index (χ1v) is 8.05. The zero-order valence-electron chi connectivity index (χ0n) is 13.2. The van der Waals surface area contributed by atoms with Crippen LogP contribution < -0.4 is 10.6 Å². The Hall–Kier alpha value is -1.36. The number of amides is 1. The molecule has 5 heteroatoms. The number of hydrogen-bond donors (Lipinski definition) is 2. The molecule has 5 nitrogen and oxygen atoms in total. The summed E-state index contributed by atoms with van der Waals surface area (Å²) in [6.07, 6.45) is 9.70. The van der Waals surface area contributed by atoms with Gasteiger partial charge >= 0.3 is 0 Å². The molecule has 3 rings (SSSR count). The smallest absolute Gasteiger partial charge is 0.241 e. The number of nitrogens with one attached hydrogen (secondary N) is 2. The summed E-state index contributed by atoms with van der Waals surface area (Å²) in [4.78, 5) is 12.4. The lowest BCUT2D eigenvalue weighted by molar-refractivity contribution is -0.117. The van der Waals surface area contributed by atoms with Crippen molar-refractivity contribution in [1.29, 1.82) is 0 Å². The molecule has 1 aliphatic carbocycles. The molecule has 3 atom stereocenters. The molecule has 0 spiro atoms. The lowest BCUT2D eigenvalue weighted by Crippen LogP contribution is -2.39. The van der Waals surface area contributed by atoms with Crippen molar-refractivity contribution >= 4 is 11.6 Å². The van der Waals surface area contributed by atoms with Gasteiger partial charge in [-0.25, -0.2) is 0 Å². The minimum atomic E-state index is -0.0659. The van der Waals surface area contributed by atoms with E-state index in [-0.39, 0.29) is 17.5 Å². The van der Waals surface area contributed by atoms with Crippen LogP contribution in [0.1, 0.15) is 52.9 Å². The van der Waals surface area contributed by atoms with Gasteiger partial charge in [0.05, 0.1) is 23.5 Å². The summed E-state index contributed by atoms with van der Waals surface area (Å²) < 4.78 is 1.88. The van der Waals surface area contributed by atoms with Gasteiger partial charge < -0.3 is 10.6 Å². The topological polar surface area (TPSA) is 59.0 Å². The highest BCUT2D eigenvalue weighted by atomic mass is 16.2. The fourth-order valence-corrected chi connectivity index (χ4v) is 3.50.